The molecule has 1 heterocycles. The summed E-state index contributed by atoms with van der Waals surface area (Å²) in [5.74, 6) is 0.359. The summed E-state index contributed by atoms with van der Waals surface area (Å²) < 4.78 is 5.07. The van der Waals surface area contributed by atoms with Crippen molar-refractivity contribution < 1.29 is 14.6 Å². The van der Waals surface area contributed by atoms with E-state index in [1.165, 1.54) is 0 Å². The number of nitrogens with two attached hydrogens (primary N) is 2. The smallest absolute Gasteiger partial charge is 0.255 e. The van der Waals surface area contributed by atoms with E-state index < -0.39 is 18.1 Å². The Hall–Kier alpha value is -3.10. The summed E-state index contributed by atoms with van der Waals surface area (Å²) in [7, 11) is 1.56. The van der Waals surface area contributed by atoms with Crippen molar-refractivity contribution in [1.29, 1.82) is 0 Å². The minimum absolute atomic E-state index is 0.292. The average molecular weight is 341 g/mol. The number of aromatic nitrogens is 2. The average Bonchev–Trinajstić information content (AvgIpc) is 2.99. The van der Waals surface area contributed by atoms with Crippen molar-refractivity contribution in [3.8, 4) is 5.75 Å². The number of ether oxygens (including phenoxy) is 1. The molecule has 0 aliphatic heterocycles. The molecule has 2 aromatic carbocycles. The summed E-state index contributed by atoms with van der Waals surface area (Å²) >= 11 is 0. The van der Waals surface area contributed by atoms with Gasteiger partial charge in [0.25, 0.3) is 5.91 Å². The van der Waals surface area contributed by atoms with Crippen LogP contribution in [0.3, 0.4) is 0 Å². The maximum Gasteiger partial charge on any atom is 0.255 e. The maximum absolute atomic E-state index is 12.3. The fraction of sp³-hybridized carbons (Fsp3) is 0.176. The van der Waals surface area contributed by atoms with Crippen molar-refractivity contribution in [1.82, 2.24) is 9.97 Å². The van der Waals surface area contributed by atoms with Crippen LogP contribution in [-0.4, -0.2) is 34.2 Å². The van der Waals surface area contributed by atoms with Gasteiger partial charge in [-0.2, -0.15) is 0 Å². The van der Waals surface area contributed by atoms with Gasteiger partial charge in [0.15, 0.2) is 12.1 Å². The van der Waals surface area contributed by atoms with Crippen molar-refractivity contribution in [3.05, 3.63) is 48.0 Å². The van der Waals surface area contributed by atoms with E-state index in [0.717, 1.165) is 0 Å². The standard InChI is InChI=1S/C17H19N5O3/c1-25-11-5-2-9(3-6-11)14(18)15(23)16(24)20-10-4-7-12-13(8-10)22-17(19)21-12/h2-8,14-15,23H,18H2,1H3,(H,20,24)(H3,19,21,22). The highest BCUT2D eigenvalue weighted by atomic mass is 16.5. The first-order valence-electron chi connectivity index (χ1n) is 7.61. The Morgan fingerprint density at radius 1 is 1.28 bits per heavy atom. The van der Waals surface area contributed by atoms with E-state index in [1.54, 1.807) is 49.6 Å². The van der Waals surface area contributed by atoms with Crippen LogP contribution in [0.4, 0.5) is 11.6 Å². The number of hydrogen-bond donors (Lipinski definition) is 5. The lowest BCUT2D eigenvalue weighted by atomic mass is 10.0. The van der Waals surface area contributed by atoms with Crippen LogP contribution in [0.25, 0.3) is 11.0 Å². The molecule has 0 bridgehead atoms. The van der Waals surface area contributed by atoms with Gasteiger partial charge in [-0.1, -0.05) is 12.1 Å². The second-order valence-electron chi connectivity index (χ2n) is 5.59. The Bertz CT molecular complexity index is 891. The fourth-order valence-corrected chi connectivity index (χ4v) is 2.49. The predicted molar refractivity (Wildman–Crippen MR) is 95.1 cm³/mol. The van der Waals surface area contributed by atoms with Gasteiger partial charge in [0.05, 0.1) is 24.2 Å². The molecule has 0 saturated heterocycles. The molecule has 2 atom stereocenters. The molecule has 2 unspecified atom stereocenters. The number of aromatic amines is 1. The topological polar surface area (TPSA) is 139 Å². The van der Waals surface area contributed by atoms with Crippen molar-refractivity contribution >= 4 is 28.6 Å². The molecule has 130 valence electrons. The number of aliphatic hydroxyl groups is 1. The van der Waals surface area contributed by atoms with Crippen molar-refractivity contribution in [2.75, 3.05) is 18.2 Å². The van der Waals surface area contributed by atoms with Crippen LogP contribution >= 0.6 is 0 Å². The van der Waals surface area contributed by atoms with Crippen LogP contribution in [0.1, 0.15) is 11.6 Å². The molecule has 0 aliphatic carbocycles. The van der Waals surface area contributed by atoms with Crippen LogP contribution in [-0.2, 0) is 4.79 Å². The largest absolute Gasteiger partial charge is 0.497 e. The normalized spacial score (nSPS) is 13.4. The number of nitrogens with one attached hydrogen (secondary N) is 2. The fourth-order valence-electron chi connectivity index (χ4n) is 2.49. The first-order valence-corrected chi connectivity index (χ1v) is 7.61. The number of aliphatic hydroxyl groups excluding tert-OH is 1. The third-order valence-corrected chi connectivity index (χ3v) is 3.88. The van der Waals surface area contributed by atoms with Gasteiger partial charge in [-0.15, -0.1) is 0 Å². The SMILES string of the molecule is COc1ccc(C(N)C(O)C(=O)Nc2ccc3nc(N)[nH]c3c2)cc1. The van der Waals surface area contributed by atoms with Gasteiger partial charge in [-0.3, -0.25) is 4.79 Å². The summed E-state index contributed by atoms with van der Waals surface area (Å²) in [6, 6.07) is 11.1. The third kappa shape index (κ3) is 3.54. The summed E-state index contributed by atoms with van der Waals surface area (Å²) in [6.45, 7) is 0. The number of methoxy groups -OCH3 is 1. The monoisotopic (exact) mass is 341 g/mol. The second kappa shape index (κ2) is 6.80. The second-order valence-corrected chi connectivity index (χ2v) is 5.59. The lowest BCUT2D eigenvalue weighted by Crippen LogP contribution is -2.37. The number of benzene rings is 2. The summed E-state index contributed by atoms with van der Waals surface area (Å²) in [6.07, 6.45) is -1.41. The molecule has 8 nitrogen and oxygen atoms in total. The van der Waals surface area contributed by atoms with Gasteiger partial charge in [0.1, 0.15) is 5.75 Å². The van der Waals surface area contributed by atoms with Gasteiger partial charge in [0.2, 0.25) is 0 Å². The number of imidazole rings is 1. The van der Waals surface area contributed by atoms with Gasteiger partial charge < -0.3 is 31.6 Å². The Labute approximate surface area is 143 Å². The first kappa shape index (κ1) is 16.7. The number of H-pyrrole nitrogens is 1. The number of carbonyl (C=O) groups is 1. The lowest BCUT2D eigenvalue weighted by Gasteiger charge is -2.19. The number of amides is 1. The summed E-state index contributed by atoms with van der Waals surface area (Å²) in [5, 5.41) is 12.9. The van der Waals surface area contributed by atoms with Gasteiger partial charge in [0, 0.05) is 5.69 Å². The molecule has 3 aromatic rings. The predicted octanol–water partition coefficient (Wildman–Crippen LogP) is 1.15. The number of nitrogens with zero attached hydrogens (tertiary/aromatic N) is 1. The lowest BCUT2D eigenvalue weighted by molar-refractivity contribution is -0.125. The molecular formula is C17H19N5O3. The summed E-state index contributed by atoms with van der Waals surface area (Å²) in [4.78, 5) is 19.2. The van der Waals surface area contributed by atoms with Gasteiger partial charge >= 0.3 is 0 Å². The molecule has 3 rings (SSSR count). The number of rotatable bonds is 5. The van der Waals surface area contributed by atoms with Crippen molar-refractivity contribution in [2.45, 2.75) is 12.1 Å². The molecule has 1 aromatic heterocycles. The van der Waals surface area contributed by atoms with Crippen LogP contribution in [0.2, 0.25) is 0 Å². The molecule has 8 heteroatoms. The van der Waals surface area contributed by atoms with E-state index >= 15 is 0 Å². The zero-order valence-electron chi connectivity index (χ0n) is 13.6. The van der Waals surface area contributed by atoms with Crippen molar-refractivity contribution in [2.24, 2.45) is 5.73 Å². The Morgan fingerprint density at radius 2 is 2.00 bits per heavy atom. The van der Waals surface area contributed by atoms with E-state index in [2.05, 4.69) is 15.3 Å². The zero-order valence-corrected chi connectivity index (χ0v) is 13.6. The maximum atomic E-state index is 12.3. The van der Waals surface area contributed by atoms with Crippen LogP contribution in [0, 0.1) is 0 Å². The van der Waals surface area contributed by atoms with E-state index in [9.17, 15) is 9.90 Å². The highest BCUT2D eigenvalue weighted by Gasteiger charge is 2.24. The van der Waals surface area contributed by atoms with E-state index in [0.29, 0.717) is 34.0 Å². The van der Waals surface area contributed by atoms with Crippen molar-refractivity contribution in [3.63, 3.8) is 0 Å². The van der Waals surface area contributed by atoms with E-state index in [1.807, 2.05) is 0 Å². The molecule has 0 saturated carbocycles. The third-order valence-electron chi connectivity index (χ3n) is 3.88. The highest BCUT2D eigenvalue weighted by Crippen LogP contribution is 2.21. The molecule has 25 heavy (non-hydrogen) atoms. The molecule has 7 N–H and O–H groups in total. The molecular weight excluding hydrogens is 322 g/mol. The van der Waals surface area contributed by atoms with E-state index in [4.69, 9.17) is 16.2 Å². The molecule has 0 aliphatic rings. The van der Waals surface area contributed by atoms with Crippen LogP contribution < -0.4 is 21.5 Å². The minimum Gasteiger partial charge on any atom is -0.497 e. The minimum atomic E-state index is -1.41. The van der Waals surface area contributed by atoms with Crippen LogP contribution in [0.15, 0.2) is 42.5 Å². The highest BCUT2D eigenvalue weighted by molar-refractivity contribution is 5.96. The Morgan fingerprint density at radius 3 is 2.68 bits per heavy atom. The molecule has 1 amide bonds. The van der Waals surface area contributed by atoms with Crippen LogP contribution in [0.5, 0.6) is 5.75 Å². The number of hydrogen-bond acceptors (Lipinski definition) is 6. The van der Waals surface area contributed by atoms with Gasteiger partial charge in [-0.05, 0) is 35.9 Å². The zero-order chi connectivity index (χ0) is 18.0. The number of nitrogen functional groups attached to an aromatic ring is 1. The Kier molecular flexibility index (Phi) is 4.55. The first-order chi connectivity index (χ1) is 12.0. The van der Waals surface area contributed by atoms with Gasteiger partial charge in [-0.25, -0.2) is 4.98 Å². The summed E-state index contributed by atoms with van der Waals surface area (Å²) in [5.41, 5.74) is 14.1. The molecule has 0 fully saturated rings. The Balaban J connectivity index is 1.71. The molecule has 0 radical (unpaired) electrons. The number of carbonyl (C=O) groups excluding carboxylic acids is 1. The van der Waals surface area contributed by atoms with E-state index in [-0.39, 0.29) is 0 Å². The molecule has 0 spiro atoms. The number of fused-ring (bicyclic) bond motifs is 1. The quantitative estimate of drug-likeness (QED) is 0.472. The number of anilines is 2.